The standard InChI is InChI=1S/Co.4HNO2.2H2N/c;4*2-1-3;;/h;4*(H,2,3);2*1H2/q;;;;;2*-1/p-4. The van der Waals surface area contributed by atoms with Crippen molar-refractivity contribution in [1.82, 2.24) is 0 Å². The third kappa shape index (κ3) is 310. The smallest absolute Gasteiger partial charge is 0 e. The van der Waals surface area contributed by atoms with Crippen LogP contribution in [0.3, 0.4) is 0 Å². The van der Waals surface area contributed by atoms with Crippen molar-refractivity contribution in [3.63, 3.8) is 0 Å². The van der Waals surface area contributed by atoms with Crippen LogP contribution in [-0.4, -0.2) is 0 Å². The molecule has 97 valence electrons. The van der Waals surface area contributed by atoms with Gasteiger partial charge in [0.25, 0.3) is 0 Å². The molecule has 0 atom stereocenters. The maximum absolute atomic E-state index is 8.00. The quantitative estimate of drug-likeness (QED) is 0.465. The Kier molecular flexibility index (Phi) is 1230. The fraction of sp³-hybridized carbons (Fsp3) is 0. The summed E-state index contributed by atoms with van der Waals surface area (Å²) in [6, 6.07) is 0. The molecule has 0 aromatic rings. The SMILES string of the molecule is O=N[O-].O=N[O-].O=N[O-].O=N[O-].[Co].[NH2-].[NH2-]. The van der Waals surface area contributed by atoms with Crippen LogP contribution < -0.4 is 0 Å². The maximum Gasteiger partial charge on any atom is 0 e. The Hall–Kier alpha value is -1.97. The van der Waals surface area contributed by atoms with Gasteiger partial charge in [-0.05, 0) is 0 Å². The van der Waals surface area contributed by atoms with E-state index in [-0.39, 0.29) is 29.1 Å². The molecule has 0 aliphatic rings. The fourth-order valence-corrected chi connectivity index (χ4v) is 0. The van der Waals surface area contributed by atoms with Gasteiger partial charge in [-0.3, -0.25) is 0 Å². The number of hydrogen-bond acceptors (Lipinski definition) is 12. The molecule has 15 heteroatoms. The Balaban J connectivity index is -0.0000000107. The van der Waals surface area contributed by atoms with E-state index >= 15 is 0 Å². The summed E-state index contributed by atoms with van der Waals surface area (Å²) in [5, 5.41) is 36.0. The van der Waals surface area contributed by atoms with Crippen molar-refractivity contribution in [1.29, 1.82) is 0 Å². The zero-order chi connectivity index (χ0) is 10.8. The zero-order valence-corrected chi connectivity index (χ0v) is 7.58. The molecule has 15 heavy (non-hydrogen) atoms. The number of nitrogens with two attached hydrogens (primary N) is 2. The van der Waals surface area contributed by atoms with Crippen LogP contribution in [0.25, 0.3) is 12.3 Å². The van der Waals surface area contributed by atoms with Gasteiger partial charge in [-0.25, -0.2) is 0 Å². The van der Waals surface area contributed by atoms with Crippen LogP contribution in [-0.2, 0) is 16.8 Å². The average Bonchev–Trinajstić information content (AvgIpc) is 1.92. The molecule has 0 aliphatic carbocycles. The summed E-state index contributed by atoms with van der Waals surface area (Å²) in [5.74, 6) is 0. The van der Waals surface area contributed by atoms with Crippen molar-refractivity contribution in [3.05, 3.63) is 52.8 Å². The van der Waals surface area contributed by atoms with Crippen molar-refractivity contribution >= 4 is 0 Å². The van der Waals surface area contributed by atoms with Crippen LogP contribution in [0.2, 0.25) is 0 Å². The predicted molar refractivity (Wildman–Crippen MR) is 47.2 cm³/mol. The minimum absolute atomic E-state index is 0. The van der Waals surface area contributed by atoms with Gasteiger partial charge in [0.15, 0.2) is 0 Å². The molecule has 0 aromatic carbocycles. The molecule has 0 amide bonds. The van der Waals surface area contributed by atoms with Crippen LogP contribution >= 0.6 is 0 Å². The van der Waals surface area contributed by atoms with Gasteiger partial charge in [-0.2, -0.15) is 0 Å². The summed E-state index contributed by atoms with van der Waals surface area (Å²) in [7, 11) is 0. The van der Waals surface area contributed by atoms with Crippen molar-refractivity contribution in [2.75, 3.05) is 0 Å². The van der Waals surface area contributed by atoms with Crippen molar-refractivity contribution in [2.24, 2.45) is 21.4 Å². The first-order valence-corrected chi connectivity index (χ1v) is 1.46. The van der Waals surface area contributed by atoms with E-state index in [0.29, 0.717) is 0 Å². The first kappa shape index (κ1) is 51.9. The molecule has 0 spiro atoms. The predicted octanol–water partition coefficient (Wildman–Crippen LogP) is 2.43. The Morgan fingerprint density at radius 3 is 0.533 bits per heavy atom. The molecule has 0 heterocycles. The second-order valence-electron chi connectivity index (χ2n) is 0.298. The number of nitrogens with zero attached hydrogens (tertiary/aromatic N) is 4. The van der Waals surface area contributed by atoms with E-state index in [1.54, 1.807) is 0 Å². The molecule has 0 fully saturated rings. The van der Waals surface area contributed by atoms with Crippen molar-refractivity contribution in [2.45, 2.75) is 0 Å². The molecule has 4 N–H and O–H groups in total. The molecular weight excluding hydrogens is 271 g/mol. The van der Waals surface area contributed by atoms with E-state index in [4.69, 9.17) is 40.5 Å². The average molecular weight is 275 g/mol. The molecule has 0 saturated heterocycles. The second-order valence-corrected chi connectivity index (χ2v) is 0.298. The van der Waals surface area contributed by atoms with Gasteiger partial charge in [-0.1, -0.05) is 0 Å². The van der Waals surface area contributed by atoms with E-state index in [0.717, 1.165) is 21.4 Å². The summed E-state index contributed by atoms with van der Waals surface area (Å²) >= 11 is 0. The molecule has 0 unspecified atom stereocenters. The van der Waals surface area contributed by atoms with Gasteiger partial charge in [-0.15, -0.1) is 21.4 Å². The summed E-state index contributed by atoms with van der Waals surface area (Å²) in [6.07, 6.45) is 0. The van der Waals surface area contributed by atoms with Crippen LogP contribution in [0.5, 0.6) is 0 Å². The van der Waals surface area contributed by atoms with Gasteiger partial charge < -0.3 is 52.8 Å². The molecule has 0 rings (SSSR count). The van der Waals surface area contributed by atoms with Gasteiger partial charge in [0.1, 0.15) is 0 Å². The molecular formula is H4CoN6O8-6. The largest absolute Gasteiger partial charge is 0.693 e. The van der Waals surface area contributed by atoms with Gasteiger partial charge >= 0.3 is 0 Å². The zero-order valence-electron chi connectivity index (χ0n) is 6.54. The normalized spacial score (nSPS) is 3.20. The molecule has 0 bridgehead atoms. The van der Waals surface area contributed by atoms with E-state index in [1.807, 2.05) is 0 Å². The minimum Gasteiger partial charge on any atom is -0.693 e. The molecule has 0 aromatic heterocycles. The number of rotatable bonds is 0. The summed E-state index contributed by atoms with van der Waals surface area (Å²) in [4.78, 5) is 32.0. The van der Waals surface area contributed by atoms with Gasteiger partial charge in [0.05, 0.1) is 0 Å². The van der Waals surface area contributed by atoms with Crippen molar-refractivity contribution in [3.8, 4) is 0 Å². The Bertz CT molecular complexity index is 73.1. The molecule has 14 nitrogen and oxygen atoms in total. The van der Waals surface area contributed by atoms with Crippen LogP contribution in [0, 0.1) is 40.5 Å². The summed E-state index contributed by atoms with van der Waals surface area (Å²) in [5.41, 5.74) is 0. The number of hydrogen-bond donors (Lipinski definition) is 0. The van der Waals surface area contributed by atoms with E-state index in [2.05, 4.69) is 0 Å². The minimum atomic E-state index is 0. The van der Waals surface area contributed by atoms with Gasteiger partial charge in [0.2, 0.25) is 0 Å². The van der Waals surface area contributed by atoms with E-state index < -0.39 is 0 Å². The topological polar surface area (TPSA) is 277 Å². The van der Waals surface area contributed by atoms with Crippen LogP contribution in [0.4, 0.5) is 0 Å². The third-order valence-electron chi connectivity index (χ3n) is 0. The molecule has 0 saturated carbocycles. The molecule has 1 radical (unpaired) electrons. The Morgan fingerprint density at radius 2 is 0.533 bits per heavy atom. The first-order chi connectivity index (χ1) is 5.66. The van der Waals surface area contributed by atoms with Crippen molar-refractivity contribution < 1.29 is 16.8 Å². The van der Waals surface area contributed by atoms with Crippen LogP contribution in [0.15, 0.2) is 21.4 Å². The van der Waals surface area contributed by atoms with Gasteiger partial charge in [0, 0.05) is 16.8 Å². The van der Waals surface area contributed by atoms with E-state index in [9.17, 15) is 0 Å². The second kappa shape index (κ2) is 356. The monoisotopic (exact) mass is 275 g/mol. The summed E-state index contributed by atoms with van der Waals surface area (Å²) < 4.78 is 0. The Morgan fingerprint density at radius 1 is 0.533 bits per heavy atom. The first-order valence-electron chi connectivity index (χ1n) is 1.46. The molecule has 0 aliphatic heterocycles. The third-order valence-corrected chi connectivity index (χ3v) is 0. The van der Waals surface area contributed by atoms with Crippen LogP contribution in [0.1, 0.15) is 0 Å². The Labute approximate surface area is 91.8 Å². The fourth-order valence-electron chi connectivity index (χ4n) is 0. The van der Waals surface area contributed by atoms with E-state index in [1.165, 1.54) is 0 Å². The summed E-state index contributed by atoms with van der Waals surface area (Å²) in [6.45, 7) is 0. The maximum atomic E-state index is 8.00.